The molecule has 4 rings (SSSR count). The molecule has 0 saturated carbocycles. The minimum atomic E-state index is -0.749. The van der Waals surface area contributed by atoms with Crippen molar-refractivity contribution >= 4 is 28.4 Å². The molecule has 2 amide bonds. The topological polar surface area (TPSA) is 105 Å². The Labute approximate surface area is 148 Å². The van der Waals surface area contributed by atoms with E-state index in [1.54, 1.807) is 30.5 Å². The third kappa shape index (κ3) is 3.30. The number of fused-ring (bicyclic) bond motifs is 2. The van der Waals surface area contributed by atoms with Gasteiger partial charge in [-0.3, -0.25) is 14.7 Å². The lowest BCUT2D eigenvalue weighted by Gasteiger charge is -2.26. The van der Waals surface area contributed by atoms with E-state index in [0.717, 1.165) is 10.9 Å². The maximum atomic E-state index is 12.0. The fourth-order valence-electron chi connectivity index (χ4n) is 2.65. The van der Waals surface area contributed by atoms with Gasteiger partial charge in [-0.1, -0.05) is 12.1 Å². The van der Waals surface area contributed by atoms with Crippen LogP contribution in [-0.2, 0) is 9.59 Å². The van der Waals surface area contributed by atoms with Crippen LogP contribution in [0.4, 0.5) is 5.69 Å². The fourth-order valence-corrected chi connectivity index (χ4v) is 2.65. The lowest BCUT2D eigenvalue weighted by atomic mass is 10.2. The summed E-state index contributed by atoms with van der Waals surface area (Å²) >= 11 is 0. The van der Waals surface area contributed by atoms with Crippen LogP contribution in [0.3, 0.4) is 0 Å². The van der Waals surface area contributed by atoms with Crippen LogP contribution in [0.2, 0.25) is 0 Å². The van der Waals surface area contributed by atoms with Crippen molar-refractivity contribution in [2.75, 3.05) is 18.5 Å². The van der Waals surface area contributed by atoms with Crippen LogP contribution in [0.15, 0.2) is 48.7 Å². The van der Waals surface area contributed by atoms with Gasteiger partial charge in [0.2, 0.25) is 0 Å². The molecule has 3 aromatic rings. The number of anilines is 1. The summed E-state index contributed by atoms with van der Waals surface area (Å²) < 4.78 is 11.3. The van der Waals surface area contributed by atoms with Gasteiger partial charge in [0.1, 0.15) is 12.7 Å². The SMILES string of the molecule is O=C(NCC1COc2ccccc2O1)C(=O)Nc1ccc2cn[nH]c2c1. The number of aromatic amines is 1. The van der Waals surface area contributed by atoms with Gasteiger partial charge < -0.3 is 20.1 Å². The first-order chi connectivity index (χ1) is 12.7. The van der Waals surface area contributed by atoms with Gasteiger partial charge in [-0.15, -0.1) is 0 Å². The van der Waals surface area contributed by atoms with E-state index in [4.69, 9.17) is 9.47 Å². The summed E-state index contributed by atoms with van der Waals surface area (Å²) in [4.78, 5) is 24.0. The largest absolute Gasteiger partial charge is 0.486 e. The molecule has 1 aromatic heterocycles. The molecule has 0 fully saturated rings. The van der Waals surface area contributed by atoms with Crippen molar-refractivity contribution in [2.24, 2.45) is 0 Å². The Kier molecular flexibility index (Phi) is 4.14. The smallest absolute Gasteiger partial charge is 0.313 e. The highest BCUT2D eigenvalue weighted by Gasteiger charge is 2.22. The number of nitrogens with zero attached hydrogens (tertiary/aromatic N) is 1. The molecule has 2 aromatic carbocycles. The minimum absolute atomic E-state index is 0.167. The number of nitrogens with one attached hydrogen (secondary N) is 3. The third-order valence-electron chi connectivity index (χ3n) is 3.96. The van der Waals surface area contributed by atoms with E-state index in [9.17, 15) is 9.59 Å². The number of rotatable bonds is 3. The van der Waals surface area contributed by atoms with Gasteiger partial charge in [-0.2, -0.15) is 5.10 Å². The number of aromatic nitrogens is 2. The van der Waals surface area contributed by atoms with Crippen LogP contribution >= 0.6 is 0 Å². The predicted octanol–water partition coefficient (Wildman–Crippen LogP) is 1.46. The van der Waals surface area contributed by atoms with Crippen molar-refractivity contribution in [3.05, 3.63) is 48.7 Å². The zero-order valence-electron chi connectivity index (χ0n) is 13.7. The second-order valence-electron chi connectivity index (χ2n) is 5.83. The van der Waals surface area contributed by atoms with E-state index in [1.165, 1.54) is 0 Å². The summed E-state index contributed by atoms with van der Waals surface area (Å²) in [6, 6.07) is 12.5. The highest BCUT2D eigenvalue weighted by molar-refractivity contribution is 6.39. The molecule has 132 valence electrons. The molecule has 8 heteroatoms. The van der Waals surface area contributed by atoms with E-state index in [1.807, 2.05) is 18.2 Å². The Morgan fingerprint density at radius 1 is 1.15 bits per heavy atom. The molecule has 8 nitrogen and oxygen atoms in total. The number of benzene rings is 2. The number of hydrogen-bond acceptors (Lipinski definition) is 5. The van der Waals surface area contributed by atoms with Crippen LogP contribution in [0.1, 0.15) is 0 Å². The molecule has 0 saturated heterocycles. The summed E-state index contributed by atoms with van der Waals surface area (Å²) in [7, 11) is 0. The average Bonchev–Trinajstić information content (AvgIpc) is 3.13. The Morgan fingerprint density at radius 3 is 2.88 bits per heavy atom. The van der Waals surface area contributed by atoms with Crippen LogP contribution in [-0.4, -0.2) is 41.3 Å². The summed E-state index contributed by atoms with van der Waals surface area (Å²) in [5.41, 5.74) is 1.28. The average molecular weight is 352 g/mol. The van der Waals surface area contributed by atoms with E-state index in [2.05, 4.69) is 20.8 Å². The lowest BCUT2D eigenvalue weighted by molar-refractivity contribution is -0.136. The molecule has 1 unspecified atom stereocenters. The molecule has 3 N–H and O–H groups in total. The van der Waals surface area contributed by atoms with Crippen molar-refractivity contribution in [1.82, 2.24) is 15.5 Å². The monoisotopic (exact) mass is 352 g/mol. The lowest BCUT2D eigenvalue weighted by Crippen LogP contribution is -2.44. The fraction of sp³-hybridized carbons (Fsp3) is 0.167. The number of H-pyrrole nitrogens is 1. The van der Waals surface area contributed by atoms with Crippen molar-refractivity contribution in [2.45, 2.75) is 6.10 Å². The first-order valence-electron chi connectivity index (χ1n) is 8.10. The number of carbonyl (C=O) groups is 2. The Hall–Kier alpha value is -3.55. The summed E-state index contributed by atoms with van der Waals surface area (Å²) in [5, 5.41) is 12.8. The van der Waals surface area contributed by atoms with Gasteiger partial charge >= 0.3 is 11.8 Å². The molecule has 0 radical (unpaired) electrons. The van der Waals surface area contributed by atoms with Gasteiger partial charge in [-0.25, -0.2) is 0 Å². The second-order valence-corrected chi connectivity index (χ2v) is 5.83. The van der Waals surface area contributed by atoms with Gasteiger partial charge in [0, 0.05) is 11.1 Å². The maximum absolute atomic E-state index is 12.0. The number of ether oxygens (including phenoxy) is 2. The first kappa shape index (κ1) is 15.9. The zero-order chi connectivity index (χ0) is 17.9. The van der Waals surface area contributed by atoms with E-state index in [0.29, 0.717) is 23.8 Å². The van der Waals surface area contributed by atoms with Crippen molar-refractivity contribution in [1.29, 1.82) is 0 Å². The van der Waals surface area contributed by atoms with Crippen LogP contribution < -0.4 is 20.1 Å². The van der Waals surface area contributed by atoms with Crippen LogP contribution in [0.25, 0.3) is 10.9 Å². The predicted molar refractivity (Wildman–Crippen MR) is 94.1 cm³/mol. The van der Waals surface area contributed by atoms with Gasteiger partial charge in [-0.05, 0) is 30.3 Å². The van der Waals surface area contributed by atoms with Gasteiger partial charge in [0.25, 0.3) is 0 Å². The number of carbonyl (C=O) groups excluding carboxylic acids is 2. The third-order valence-corrected chi connectivity index (χ3v) is 3.96. The molecule has 2 heterocycles. The van der Waals surface area contributed by atoms with E-state index < -0.39 is 11.8 Å². The number of amides is 2. The molecule has 1 aliphatic rings. The second kappa shape index (κ2) is 6.75. The van der Waals surface area contributed by atoms with Crippen molar-refractivity contribution in [3.63, 3.8) is 0 Å². The maximum Gasteiger partial charge on any atom is 0.313 e. The summed E-state index contributed by atoms with van der Waals surface area (Å²) in [6.45, 7) is 0.468. The first-order valence-corrected chi connectivity index (χ1v) is 8.10. The number of para-hydroxylation sites is 2. The van der Waals surface area contributed by atoms with Crippen molar-refractivity contribution < 1.29 is 19.1 Å². The molecule has 26 heavy (non-hydrogen) atoms. The van der Waals surface area contributed by atoms with Gasteiger partial charge in [0.15, 0.2) is 11.5 Å². The standard InChI is InChI=1S/C18H16N4O4/c23-17(18(24)21-12-6-5-11-8-20-22-14(11)7-12)19-9-13-10-25-15-3-1-2-4-16(15)26-13/h1-8,13H,9-10H2,(H,19,23)(H,20,22)(H,21,24). The quantitative estimate of drug-likeness (QED) is 0.619. The molecular formula is C18H16N4O4. The Bertz CT molecular complexity index is 968. The number of hydrogen-bond donors (Lipinski definition) is 3. The van der Waals surface area contributed by atoms with Crippen molar-refractivity contribution in [3.8, 4) is 11.5 Å². The summed E-state index contributed by atoms with van der Waals surface area (Å²) in [6.07, 6.45) is 1.32. The molecule has 0 aliphatic carbocycles. The van der Waals surface area contributed by atoms with E-state index in [-0.39, 0.29) is 12.6 Å². The molecule has 0 spiro atoms. The molecule has 0 bridgehead atoms. The normalized spacial score (nSPS) is 15.5. The van der Waals surface area contributed by atoms with Crippen LogP contribution in [0.5, 0.6) is 11.5 Å². The van der Waals surface area contributed by atoms with Gasteiger partial charge in [0.05, 0.1) is 18.3 Å². The molecule has 1 atom stereocenters. The van der Waals surface area contributed by atoms with Crippen LogP contribution in [0, 0.1) is 0 Å². The molecular weight excluding hydrogens is 336 g/mol. The summed E-state index contributed by atoms with van der Waals surface area (Å²) in [5.74, 6) is -0.199. The highest BCUT2D eigenvalue weighted by Crippen LogP contribution is 2.30. The Balaban J connectivity index is 1.31. The Morgan fingerprint density at radius 2 is 2.00 bits per heavy atom. The zero-order valence-corrected chi connectivity index (χ0v) is 13.7. The highest BCUT2D eigenvalue weighted by atomic mass is 16.6. The van der Waals surface area contributed by atoms with E-state index >= 15 is 0 Å². The molecule has 1 aliphatic heterocycles. The minimum Gasteiger partial charge on any atom is -0.486 e.